The molecule has 166 valence electrons. The van der Waals surface area contributed by atoms with Crippen molar-refractivity contribution in [3.63, 3.8) is 0 Å². The van der Waals surface area contributed by atoms with Gasteiger partial charge in [0.1, 0.15) is 6.54 Å². The van der Waals surface area contributed by atoms with Crippen LogP contribution in [0, 0.1) is 0 Å². The molecule has 0 saturated carbocycles. The summed E-state index contributed by atoms with van der Waals surface area (Å²) in [5.41, 5.74) is 2.80. The average Bonchev–Trinajstić information content (AvgIpc) is 3.30. The molecule has 1 fully saturated rings. The molecule has 1 saturated heterocycles. The number of nitrogens with zero attached hydrogens (tertiary/aromatic N) is 2. The lowest BCUT2D eigenvalue weighted by atomic mass is 10.0. The molecule has 33 heavy (non-hydrogen) atoms. The number of fused-ring (bicyclic) bond motifs is 2. The van der Waals surface area contributed by atoms with E-state index in [4.69, 9.17) is 11.6 Å². The largest absolute Gasteiger partial charge is 0.350 e. The van der Waals surface area contributed by atoms with Gasteiger partial charge >= 0.3 is 0 Å². The summed E-state index contributed by atoms with van der Waals surface area (Å²) in [6.45, 7) is 0.107. The smallest absolute Gasteiger partial charge is 0.269 e. The minimum atomic E-state index is -1.22. The number of benzene rings is 3. The van der Waals surface area contributed by atoms with Crippen molar-refractivity contribution in [3.8, 4) is 0 Å². The molecule has 0 bridgehead atoms. The van der Waals surface area contributed by atoms with Crippen LogP contribution in [0.3, 0.4) is 0 Å². The number of rotatable bonds is 5. The van der Waals surface area contributed by atoms with Gasteiger partial charge in [-0.3, -0.25) is 24.2 Å². The number of anilines is 2. The maximum atomic E-state index is 13.9. The molecule has 0 aliphatic carbocycles. The zero-order valence-electron chi connectivity index (χ0n) is 17.5. The summed E-state index contributed by atoms with van der Waals surface area (Å²) in [5, 5.41) is 3.41. The summed E-state index contributed by atoms with van der Waals surface area (Å²) < 4.78 is 0. The molecular weight excluding hydrogens is 458 g/mol. The second-order valence-corrected chi connectivity index (χ2v) is 9.35. The van der Waals surface area contributed by atoms with Crippen LogP contribution >= 0.6 is 23.4 Å². The Hall–Kier alpha value is -3.29. The fourth-order valence-electron chi connectivity index (χ4n) is 4.32. The van der Waals surface area contributed by atoms with Crippen LogP contribution in [0.4, 0.5) is 11.4 Å². The lowest BCUT2D eigenvalue weighted by Crippen LogP contribution is -2.51. The number of halogens is 1. The van der Waals surface area contributed by atoms with Crippen LogP contribution in [-0.4, -0.2) is 30.0 Å². The van der Waals surface area contributed by atoms with E-state index in [0.717, 1.165) is 5.56 Å². The van der Waals surface area contributed by atoms with E-state index >= 15 is 0 Å². The Bertz CT molecular complexity index is 1250. The van der Waals surface area contributed by atoms with Crippen molar-refractivity contribution in [2.75, 3.05) is 22.1 Å². The molecule has 8 heteroatoms. The van der Waals surface area contributed by atoms with Crippen molar-refractivity contribution in [1.82, 2.24) is 5.32 Å². The summed E-state index contributed by atoms with van der Waals surface area (Å²) in [7, 11) is 0. The van der Waals surface area contributed by atoms with Gasteiger partial charge in [-0.2, -0.15) is 0 Å². The standard InChI is InChI=1S/C25H20ClN3O3S/c26-20-12-6-4-8-17(20)14-27-22(30)15-28-21-13-7-5-11-19(21)25(24(28)32)29(23(31)16-33-25)18-9-2-1-3-10-18/h1-13H,14-16H2,(H,27,30)/t25-/m0/s1. The van der Waals surface area contributed by atoms with E-state index in [1.807, 2.05) is 72.8 Å². The molecule has 2 aliphatic rings. The SMILES string of the molecule is O=C(CN1C(=O)[C@@]2(SCC(=O)N2c2ccccc2)c2ccccc21)NCc1ccccc1Cl. The van der Waals surface area contributed by atoms with E-state index in [1.165, 1.54) is 16.7 Å². The number of carbonyl (C=O) groups excluding carboxylic acids is 3. The molecule has 2 aliphatic heterocycles. The van der Waals surface area contributed by atoms with Gasteiger partial charge in [0.25, 0.3) is 5.91 Å². The van der Waals surface area contributed by atoms with E-state index < -0.39 is 4.87 Å². The summed E-state index contributed by atoms with van der Waals surface area (Å²) in [5.74, 6) is -0.562. The van der Waals surface area contributed by atoms with Crippen LogP contribution in [0.2, 0.25) is 5.02 Å². The van der Waals surface area contributed by atoms with Crippen molar-refractivity contribution in [2.24, 2.45) is 0 Å². The van der Waals surface area contributed by atoms with Crippen LogP contribution in [-0.2, 0) is 25.8 Å². The fraction of sp³-hybridized carbons (Fsp3) is 0.160. The summed E-state index contributed by atoms with van der Waals surface area (Å²) >= 11 is 7.48. The minimum absolute atomic E-state index is 0.139. The molecule has 1 atom stereocenters. The number of thioether (sulfide) groups is 1. The first-order chi connectivity index (χ1) is 16.0. The number of hydrogen-bond donors (Lipinski definition) is 1. The van der Waals surface area contributed by atoms with Crippen LogP contribution in [0.5, 0.6) is 0 Å². The van der Waals surface area contributed by atoms with Crippen molar-refractivity contribution >= 4 is 52.5 Å². The number of para-hydroxylation sites is 2. The normalized spacial score (nSPS) is 19.3. The molecule has 1 N–H and O–H groups in total. The third kappa shape index (κ3) is 3.57. The fourth-order valence-corrected chi connectivity index (χ4v) is 5.89. The number of amides is 3. The van der Waals surface area contributed by atoms with Crippen LogP contribution < -0.4 is 15.1 Å². The lowest BCUT2D eigenvalue weighted by molar-refractivity contribution is -0.125. The van der Waals surface area contributed by atoms with Gasteiger partial charge in [-0.05, 0) is 29.8 Å². The zero-order chi connectivity index (χ0) is 23.0. The van der Waals surface area contributed by atoms with Gasteiger partial charge in [-0.15, -0.1) is 11.8 Å². The molecule has 5 rings (SSSR count). The quantitative estimate of drug-likeness (QED) is 0.604. The number of hydrogen-bond acceptors (Lipinski definition) is 4. The van der Waals surface area contributed by atoms with Gasteiger partial charge in [0.2, 0.25) is 16.7 Å². The van der Waals surface area contributed by atoms with Crippen LogP contribution in [0.25, 0.3) is 0 Å². The Morgan fingerprint density at radius 1 is 0.970 bits per heavy atom. The van der Waals surface area contributed by atoms with E-state index in [0.29, 0.717) is 22.0 Å². The van der Waals surface area contributed by atoms with E-state index in [-0.39, 0.29) is 36.6 Å². The van der Waals surface area contributed by atoms with Gasteiger partial charge in [0.05, 0.1) is 11.4 Å². The monoisotopic (exact) mass is 477 g/mol. The van der Waals surface area contributed by atoms with Crippen LogP contribution in [0.15, 0.2) is 78.9 Å². The third-order valence-corrected chi connectivity index (χ3v) is 7.57. The molecule has 6 nitrogen and oxygen atoms in total. The molecule has 3 amide bonds. The molecule has 1 spiro atoms. The number of carbonyl (C=O) groups is 3. The van der Waals surface area contributed by atoms with E-state index in [9.17, 15) is 14.4 Å². The highest BCUT2D eigenvalue weighted by Gasteiger charge is 2.61. The predicted molar refractivity (Wildman–Crippen MR) is 130 cm³/mol. The van der Waals surface area contributed by atoms with E-state index in [2.05, 4.69) is 5.32 Å². The first-order valence-corrected chi connectivity index (χ1v) is 11.8. The Kier molecular flexibility index (Phi) is 5.60. The maximum Gasteiger partial charge on any atom is 0.269 e. The lowest BCUT2D eigenvalue weighted by Gasteiger charge is -2.33. The van der Waals surface area contributed by atoms with Crippen molar-refractivity contribution in [3.05, 3.63) is 95.0 Å². The Balaban J connectivity index is 1.45. The molecule has 2 heterocycles. The van der Waals surface area contributed by atoms with Gasteiger partial charge in [-0.1, -0.05) is 66.2 Å². The second kappa shape index (κ2) is 8.57. The predicted octanol–water partition coefficient (Wildman–Crippen LogP) is 3.94. The topological polar surface area (TPSA) is 69.7 Å². The van der Waals surface area contributed by atoms with Crippen molar-refractivity contribution < 1.29 is 14.4 Å². The highest BCUT2D eigenvalue weighted by Crippen LogP contribution is 2.55. The first-order valence-electron chi connectivity index (χ1n) is 10.5. The Labute approximate surface area is 200 Å². The Morgan fingerprint density at radius 3 is 2.45 bits per heavy atom. The van der Waals surface area contributed by atoms with Crippen molar-refractivity contribution in [1.29, 1.82) is 0 Å². The Morgan fingerprint density at radius 2 is 1.67 bits per heavy atom. The van der Waals surface area contributed by atoms with Gasteiger partial charge in [-0.25, -0.2) is 0 Å². The molecule has 0 radical (unpaired) electrons. The minimum Gasteiger partial charge on any atom is -0.350 e. The third-order valence-electron chi connectivity index (χ3n) is 5.81. The maximum absolute atomic E-state index is 13.9. The summed E-state index contributed by atoms with van der Waals surface area (Å²) in [6.07, 6.45) is 0. The van der Waals surface area contributed by atoms with Crippen molar-refractivity contribution in [2.45, 2.75) is 11.4 Å². The highest BCUT2D eigenvalue weighted by atomic mass is 35.5. The molecule has 3 aromatic carbocycles. The average molecular weight is 478 g/mol. The molecule has 0 aromatic heterocycles. The summed E-state index contributed by atoms with van der Waals surface area (Å²) in [6, 6.07) is 23.8. The zero-order valence-corrected chi connectivity index (χ0v) is 19.1. The summed E-state index contributed by atoms with van der Waals surface area (Å²) in [4.78, 5) is 41.5. The highest BCUT2D eigenvalue weighted by molar-refractivity contribution is 8.02. The molecular formula is C25H20ClN3O3S. The van der Waals surface area contributed by atoms with Gasteiger partial charge in [0, 0.05) is 22.8 Å². The van der Waals surface area contributed by atoms with Gasteiger partial charge < -0.3 is 5.32 Å². The number of nitrogens with one attached hydrogen (secondary N) is 1. The molecule has 0 unspecified atom stereocenters. The van der Waals surface area contributed by atoms with Gasteiger partial charge in [0.15, 0.2) is 0 Å². The molecule has 3 aromatic rings. The second-order valence-electron chi connectivity index (χ2n) is 7.77. The van der Waals surface area contributed by atoms with Crippen LogP contribution in [0.1, 0.15) is 11.1 Å². The van der Waals surface area contributed by atoms with E-state index in [1.54, 1.807) is 11.0 Å². The first kappa shape index (κ1) is 21.6.